The molecule has 0 heterocycles. The van der Waals surface area contributed by atoms with Gasteiger partial charge in [-0.25, -0.2) is 0 Å². The second-order valence-corrected chi connectivity index (χ2v) is 10.1. The summed E-state index contributed by atoms with van der Waals surface area (Å²) >= 11 is 0. The Morgan fingerprint density at radius 3 is 0.696 bits per heavy atom. The minimum absolute atomic E-state index is 0.313. The highest BCUT2D eigenvalue weighted by molar-refractivity contribution is 5.23. The van der Waals surface area contributed by atoms with Gasteiger partial charge in [0, 0.05) is 0 Å². The first-order chi connectivity index (χ1) is 10.3. The predicted molar refractivity (Wildman–Crippen MR) is 106 cm³/mol. The fourth-order valence-corrected chi connectivity index (χ4v) is 7.82. The van der Waals surface area contributed by atoms with Gasteiger partial charge in [0.1, 0.15) is 0 Å². The molecule has 0 amide bonds. The standard InChI is InChI=1S/C23H46/c1-13-19(8)18(6,7)20(9,14-2)22(11,16-4)23(12,17-5)21(19,10)15-3/h13-17H2,1-12H3/t19-,20+,21-,22+,23?. The number of rotatable bonds is 5. The molecule has 1 saturated carbocycles. The number of hydrogen-bond donors (Lipinski definition) is 0. The molecule has 0 bridgehead atoms. The molecule has 1 aliphatic rings. The molecule has 0 spiro atoms. The zero-order valence-corrected chi connectivity index (χ0v) is 18.5. The van der Waals surface area contributed by atoms with Gasteiger partial charge in [0.05, 0.1) is 0 Å². The van der Waals surface area contributed by atoms with E-state index in [1.807, 2.05) is 0 Å². The third kappa shape index (κ3) is 1.85. The van der Waals surface area contributed by atoms with Gasteiger partial charge >= 0.3 is 0 Å². The summed E-state index contributed by atoms with van der Waals surface area (Å²) in [7, 11) is 0. The minimum atomic E-state index is 0.313. The Bertz CT molecular complexity index is 399. The average Bonchev–Trinajstić information content (AvgIpc) is 2.55. The molecule has 1 aliphatic carbocycles. The summed E-state index contributed by atoms with van der Waals surface area (Å²) in [6.45, 7) is 30.5. The van der Waals surface area contributed by atoms with E-state index in [4.69, 9.17) is 0 Å². The monoisotopic (exact) mass is 322 g/mol. The van der Waals surface area contributed by atoms with Crippen molar-refractivity contribution < 1.29 is 0 Å². The van der Waals surface area contributed by atoms with Crippen molar-refractivity contribution in [1.82, 2.24) is 0 Å². The lowest BCUT2D eigenvalue weighted by Crippen LogP contribution is -2.73. The van der Waals surface area contributed by atoms with E-state index < -0.39 is 0 Å². The lowest BCUT2D eigenvalue weighted by molar-refractivity contribution is -0.317. The maximum Gasteiger partial charge on any atom is -0.0210 e. The van der Waals surface area contributed by atoms with E-state index in [0.29, 0.717) is 32.5 Å². The summed E-state index contributed by atoms with van der Waals surface area (Å²) < 4.78 is 0. The second kappa shape index (κ2) is 5.77. The van der Waals surface area contributed by atoms with Crippen molar-refractivity contribution in [3.8, 4) is 0 Å². The maximum atomic E-state index is 2.64. The third-order valence-electron chi connectivity index (χ3n) is 11.2. The van der Waals surface area contributed by atoms with Crippen LogP contribution in [0.5, 0.6) is 0 Å². The maximum absolute atomic E-state index is 2.64. The van der Waals surface area contributed by atoms with Crippen molar-refractivity contribution in [3.63, 3.8) is 0 Å². The van der Waals surface area contributed by atoms with E-state index in [-0.39, 0.29) is 0 Å². The fraction of sp³-hybridized carbons (Fsp3) is 1.00. The van der Waals surface area contributed by atoms with E-state index in [1.165, 1.54) is 32.1 Å². The van der Waals surface area contributed by atoms with E-state index in [2.05, 4.69) is 83.1 Å². The molecule has 1 rings (SSSR count). The SMILES string of the molecule is CCC1(C)[C@](C)(CC)[C@](C)(CC)C(C)(C)[C@](C)(CC)[C@]1(C)CC. The molecule has 0 aliphatic heterocycles. The van der Waals surface area contributed by atoms with Gasteiger partial charge in [0.2, 0.25) is 0 Å². The first-order valence-corrected chi connectivity index (χ1v) is 10.3. The summed E-state index contributed by atoms with van der Waals surface area (Å²) in [4.78, 5) is 0. The Hall–Kier alpha value is 0. The summed E-state index contributed by atoms with van der Waals surface area (Å²) in [6, 6.07) is 0. The molecule has 0 heteroatoms. The van der Waals surface area contributed by atoms with Crippen molar-refractivity contribution in [1.29, 1.82) is 0 Å². The number of hydrogen-bond acceptors (Lipinski definition) is 0. The molecule has 138 valence electrons. The largest absolute Gasteiger partial charge is 0.0648 e. The van der Waals surface area contributed by atoms with Crippen LogP contribution in [0.3, 0.4) is 0 Å². The zero-order valence-electron chi connectivity index (χ0n) is 18.5. The summed E-state index contributed by atoms with van der Waals surface area (Å²) in [6.07, 6.45) is 6.38. The van der Waals surface area contributed by atoms with E-state index >= 15 is 0 Å². The summed E-state index contributed by atoms with van der Waals surface area (Å²) in [5.74, 6) is 0. The van der Waals surface area contributed by atoms with Gasteiger partial charge in [0.25, 0.3) is 0 Å². The zero-order chi connectivity index (χ0) is 18.5. The smallest absolute Gasteiger partial charge is 0.0210 e. The first kappa shape index (κ1) is 21.0. The van der Waals surface area contributed by atoms with Crippen molar-refractivity contribution in [3.05, 3.63) is 0 Å². The van der Waals surface area contributed by atoms with Gasteiger partial charge < -0.3 is 0 Å². The minimum Gasteiger partial charge on any atom is -0.0648 e. The third-order valence-corrected chi connectivity index (χ3v) is 11.2. The molecule has 0 saturated heterocycles. The van der Waals surface area contributed by atoms with Crippen LogP contribution in [-0.2, 0) is 0 Å². The molecular weight excluding hydrogens is 276 g/mol. The molecule has 1 unspecified atom stereocenters. The van der Waals surface area contributed by atoms with Crippen LogP contribution in [0.25, 0.3) is 0 Å². The molecule has 0 N–H and O–H groups in total. The lowest BCUT2D eigenvalue weighted by Gasteiger charge is -2.80. The van der Waals surface area contributed by atoms with E-state index in [9.17, 15) is 0 Å². The molecule has 23 heavy (non-hydrogen) atoms. The fourth-order valence-electron chi connectivity index (χ4n) is 7.82. The second-order valence-electron chi connectivity index (χ2n) is 10.1. The molecule has 0 radical (unpaired) electrons. The average molecular weight is 323 g/mol. The van der Waals surface area contributed by atoms with Crippen LogP contribution in [0.1, 0.15) is 115 Å². The quantitative estimate of drug-likeness (QED) is 0.479. The van der Waals surface area contributed by atoms with E-state index in [1.54, 1.807) is 0 Å². The molecular formula is C23H46. The molecule has 0 aromatic heterocycles. The Morgan fingerprint density at radius 1 is 0.348 bits per heavy atom. The summed E-state index contributed by atoms with van der Waals surface area (Å²) in [5.41, 5.74) is 2.07. The highest BCUT2D eigenvalue weighted by atomic mass is 14.8. The molecule has 0 aromatic carbocycles. The Balaban J connectivity index is 4.00. The Labute approximate surface area is 148 Å². The van der Waals surface area contributed by atoms with Crippen molar-refractivity contribution in [2.24, 2.45) is 32.5 Å². The van der Waals surface area contributed by atoms with Crippen LogP contribution in [0.4, 0.5) is 0 Å². The first-order valence-electron chi connectivity index (χ1n) is 10.3. The van der Waals surface area contributed by atoms with Crippen LogP contribution in [0, 0.1) is 32.5 Å². The lowest BCUT2D eigenvalue weighted by atomic mass is 9.24. The molecule has 1 fully saturated rings. The topological polar surface area (TPSA) is 0 Å². The normalized spacial score (nSPS) is 50.1. The van der Waals surface area contributed by atoms with Crippen LogP contribution in [0.15, 0.2) is 0 Å². The van der Waals surface area contributed by atoms with Gasteiger partial charge in [-0.3, -0.25) is 0 Å². The Morgan fingerprint density at radius 2 is 0.522 bits per heavy atom. The van der Waals surface area contributed by atoms with Crippen LogP contribution in [-0.4, -0.2) is 0 Å². The highest BCUT2D eigenvalue weighted by Gasteiger charge is 2.75. The van der Waals surface area contributed by atoms with Crippen LogP contribution < -0.4 is 0 Å². The van der Waals surface area contributed by atoms with Gasteiger partial charge in [-0.15, -0.1) is 0 Å². The molecule has 0 aromatic rings. The highest BCUT2D eigenvalue weighted by Crippen LogP contribution is 2.82. The van der Waals surface area contributed by atoms with Crippen molar-refractivity contribution in [2.75, 3.05) is 0 Å². The van der Waals surface area contributed by atoms with Gasteiger partial charge in [-0.05, 0) is 64.6 Å². The van der Waals surface area contributed by atoms with Crippen molar-refractivity contribution >= 4 is 0 Å². The van der Waals surface area contributed by atoms with Gasteiger partial charge in [0.15, 0.2) is 0 Å². The van der Waals surface area contributed by atoms with E-state index in [0.717, 1.165) is 0 Å². The van der Waals surface area contributed by atoms with Crippen LogP contribution in [0.2, 0.25) is 0 Å². The van der Waals surface area contributed by atoms with Gasteiger partial charge in [-0.2, -0.15) is 0 Å². The molecule has 0 nitrogen and oxygen atoms in total. The Kier molecular flexibility index (Phi) is 5.28. The molecule has 5 atom stereocenters. The summed E-state index contributed by atoms with van der Waals surface area (Å²) in [5, 5.41) is 0. The predicted octanol–water partition coefficient (Wildman–Crippen LogP) is 8.11. The van der Waals surface area contributed by atoms with Crippen molar-refractivity contribution in [2.45, 2.75) is 115 Å². The van der Waals surface area contributed by atoms with Crippen LogP contribution >= 0.6 is 0 Å². The van der Waals surface area contributed by atoms with Gasteiger partial charge in [-0.1, -0.05) is 83.1 Å².